The van der Waals surface area contributed by atoms with Crippen LogP contribution in [-0.4, -0.2) is 19.5 Å². The summed E-state index contributed by atoms with van der Waals surface area (Å²) in [4.78, 5) is 10.8. The number of halogens is 3. The average Bonchev–Trinajstić information content (AvgIpc) is 2.73. The predicted octanol–water partition coefficient (Wildman–Crippen LogP) is 2.00. The smallest absolute Gasteiger partial charge is 0.369 e. The Morgan fingerprint density at radius 1 is 0.952 bits per heavy atom. The van der Waals surface area contributed by atoms with Gasteiger partial charge in [-0.15, -0.1) is 0 Å². The molecule has 0 saturated heterocycles. The molecule has 21 heavy (non-hydrogen) atoms. The van der Waals surface area contributed by atoms with Crippen LogP contribution in [0.1, 0.15) is 5.69 Å². The number of nitrogens with zero attached hydrogens (tertiary/aromatic N) is 4. The van der Waals surface area contributed by atoms with Crippen LogP contribution in [0.3, 0.4) is 0 Å². The van der Waals surface area contributed by atoms with E-state index < -0.39 is 23.3 Å². The van der Waals surface area contributed by atoms with E-state index in [1.165, 1.54) is 4.57 Å². The summed E-state index contributed by atoms with van der Waals surface area (Å²) < 4.78 is 40.3. The van der Waals surface area contributed by atoms with Gasteiger partial charge < -0.3 is 11.5 Å². The summed E-state index contributed by atoms with van der Waals surface area (Å²) in [5.41, 5.74) is 9.91. The van der Waals surface area contributed by atoms with Gasteiger partial charge in [0.15, 0.2) is 11.3 Å². The van der Waals surface area contributed by atoms with Gasteiger partial charge in [0.25, 0.3) is 0 Å². The molecule has 6 nitrogen and oxygen atoms in total. The molecule has 1 aromatic carbocycles. The lowest BCUT2D eigenvalue weighted by atomic mass is 10.3. The number of nitrogen functional groups attached to an aromatic ring is 2. The zero-order chi connectivity index (χ0) is 15.2. The molecule has 0 amide bonds. The summed E-state index contributed by atoms with van der Waals surface area (Å²) in [5, 5.41) is 0. The first-order valence-electron chi connectivity index (χ1n) is 5.82. The maximum Gasteiger partial charge on any atom is 0.435 e. The molecule has 2 heterocycles. The summed E-state index contributed by atoms with van der Waals surface area (Å²) in [6, 6.07) is 8.54. The lowest BCUT2D eigenvalue weighted by molar-refractivity contribution is -0.139. The van der Waals surface area contributed by atoms with Crippen LogP contribution >= 0.6 is 0 Å². The second-order valence-electron chi connectivity index (χ2n) is 4.24. The number of hydrogen-bond acceptors (Lipinski definition) is 5. The molecule has 108 valence electrons. The minimum atomic E-state index is -4.70. The first kappa shape index (κ1) is 13.2. The van der Waals surface area contributed by atoms with Gasteiger partial charge in [-0.25, -0.2) is 9.97 Å². The van der Waals surface area contributed by atoms with Crippen molar-refractivity contribution in [1.82, 2.24) is 19.5 Å². The van der Waals surface area contributed by atoms with Gasteiger partial charge in [-0.05, 0) is 12.1 Å². The minimum absolute atomic E-state index is 0.0847. The molecule has 0 aliphatic carbocycles. The number of alkyl halides is 3. The summed E-state index contributed by atoms with van der Waals surface area (Å²) in [7, 11) is 0. The number of hydrogen-bond donors (Lipinski definition) is 2. The van der Waals surface area contributed by atoms with Gasteiger partial charge in [0, 0.05) is 0 Å². The Bertz CT molecular complexity index is 809. The van der Waals surface area contributed by atoms with Gasteiger partial charge in [-0.3, -0.25) is 4.57 Å². The van der Waals surface area contributed by atoms with Crippen molar-refractivity contribution < 1.29 is 13.2 Å². The SMILES string of the molecule is Nc1nc(C(F)(F)F)c2nc(N)n(-c3ccccc3)c2n1. The van der Waals surface area contributed by atoms with E-state index in [2.05, 4.69) is 15.0 Å². The second-order valence-corrected chi connectivity index (χ2v) is 4.24. The third-order valence-electron chi connectivity index (χ3n) is 2.83. The molecular weight excluding hydrogens is 285 g/mol. The molecule has 0 fully saturated rings. The number of imidazole rings is 1. The normalized spacial score (nSPS) is 12.0. The lowest BCUT2D eigenvalue weighted by Crippen LogP contribution is -2.12. The summed E-state index contributed by atoms with van der Waals surface area (Å²) in [5.74, 6) is -0.617. The van der Waals surface area contributed by atoms with E-state index in [4.69, 9.17) is 11.5 Å². The molecule has 0 aliphatic rings. The minimum Gasteiger partial charge on any atom is -0.369 e. The molecular formula is C12H9F3N6. The van der Waals surface area contributed by atoms with Crippen LogP contribution in [0.15, 0.2) is 30.3 Å². The first-order chi connectivity index (χ1) is 9.88. The monoisotopic (exact) mass is 294 g/mol. The molecule has 4 N–H and O–H groups in total. The number of benzene rings is 1. The highest BCUT2D eigenvalue weighted by Crippen LogP contribution is 2.34. The van der Waals surface area contributed by atoms with Crippen molar-refractivity contribution >= 4 is 23.1 Å². The highest BCUT2D eigenvalue weighted by atomic mass is 19.4. The molecule has 9 heteroatoms. The topological polar surface area (TPSA) is 95.6 Å². The number of para-hydroxylation sites is 1. The van der Waals surface area contributed by atoms with E-state index >= 15 is 0 Å². The van der Waals surface area contributed by atoms with Crippen molar-refractivity contribution in [2.75, 3.05) is 11.5 Å². The van der Waals surface area contributed by atoms with Gasteiger partial charge in [-0.2, -0.15) is 18.2 Å². The fourth-order valence-electron chi connectivity index (χ4n) is 2.02. The largest absolute Gasteiger partial charge is 0.435 e. The van der Waals surface area contributed by atoms with E-state index in [-0.39, 0.29) is 11.6 Å². The van der Waals surface area contributed by atoms with E-state index in [0.717, 1.165) is 0 Å². The van der Waals surface area contributed by atoms with Gasteiger partial charge in [0.2, 0.25) is 11.9 Å². The van der Waals surface area contributed by atoms with E-state index in [9.17, 15) is 13.2 Å². The highest BCUT2D eigenvalue weighted by molar-refractivity contribution is 5.80. The Morgan fingerprint density at radius 2 is 1.62 bits per heavy atom. The standard InChI is InChI=1S/C12H9F3N6/c13-12(14,15)8-7-9(20-10(16)19-8)21(11(17)18-7)6-4-2-1-3-5-6/h1-5H,(H2,17,18)(H2,16,19,20). The second kappa shape index (κ2) is 4.33. The van der Waals surface area contributed by atoms with Gasteiger partial charge in [0.05, 0.1) is 5.69 Å². The Balaban J connectivity index is 2.39. The number of fused-ring (bicyclic) bond motifs is 1. The molecule has 0 saturated carbocycles. The summed E-state index contributed by atoms with van der Waals surface area (Å²) in [6.45, 7) is 0. The van der Waals surface area contributed by atoms with Gasteiger partial charge in [-0.1, -0.05) is 18.2 Å². The summed E-state index contributed by atoms with van der Waals surface area (Å²) in [6.07, 6.45) is -4.70. The Labute approximate surface area is 116 Å². The molecule has 0 aliphatic heterocycles. The van der Waals surface area contributed by atoms with Crippen molar-refractivity contribution in [3.63, 3.8) is 0 Å². The van der Waals surface area contributed by atoms with Crippen LogP contribution in [0.4, 0.5) is 25.1 Å². The van der Waals surface area contributed by atoms with Crippen LogP contribution in [0.2, 0.25) is 0 Å². The Hall–Kier alpha value is -2.84. The Kier molecular flexibility index (Phi) is 2.71. The third-order valence-corrected chi connectivity index (χ3v) is 2.83. The Morgan fingerprint density at radius 3 is 2.24 bits per heavy atom. The molecule has 3 aromatic rings. The number of aromatic nitrogens is 4. The maximum absolute atomic E-state index is 13.0. The van der Waals surface area contributed by atoms with Gasteiger partial charge >= 0.3 is 6.18 Å². The zero-order valence-corrected chi connectivity index (χ0v) is 10.5. The van der Waals surface area contributed by atoms with Crippen LogP contribution in [0.5, 0.6) is 0 Å². The quantitative estimate of drug-likeness (QED) is 0.715. The van der Waals surface area contributed by atoms with Crippen molar-refractivity contribution in [3.05, 3.63) is 36.0 Å². The van der Waals surface area contributed by atoms with Crippen molar-refractivity contribution in [3.8, 4) is 5.69 Å². The van der Waals surface area contributed by atoms with Crippen LogP contribution in [0, 0.1) is 0 Å². The maximum atomic E-state index is 13.0. The van der Waals surface area contributed by atoms with Crippen molar-refractivity contribution in [2.24, 2.45) is 0 Å². The predicted molar refractivity (Wildman–Crippen MR) is 70.5 cm³/mol. The molecule has 2 aromatic heterocycles. The van der Waals surface area contributed by atoms with E-state index in [0.29, 0.717) is 5.69 Å². The van der Waals surface area contributed by atoms with Crippen molar-refractivity contribution in [2.45, 2.75) is 6.18 Å². The molecule has 3 rings (SSSR count). The first-order valence-corrected chi connectivity index (χ1v) is 5.82. The molecule has 0 atom stereocenters. The number of anilines is 2. The van der Waals surface area contributed by atoms with Crippen LogP contribution in [0.25, 0.3) is 16.9 Å². The average molecular weight is 294 g/mol. The van der Waals surface area contributed by atoms with Crippen LogP contribution in [-0.2, 0) is 6.18 Å². The summed E-state index contributed by atoms with van der Waals surface area (Å²) >= 11 is 0. The van der Waals surface area contributed by atoms with Crippen LogP contribution < -0.4 is 11.5 Å². The molecule has 0 bridgehead atoms. The molecule has 0 unspecified atom stereocenters. The fourth-order valence-corrected chi connectivity index (χ4v) is 2.02. The molecule has 0 spiro atoms. The van der Waals surface area contributed by atoms with E-state index in [1.807, 2.05) is 0 Å². The third kappa shape index (κ3) is 2.12. The van der Waals surface area contributed by atoms with E-state index in [1.54, 1.807) is 30.3 Å². The van der Waals surface area contributed by atoms with Gasteiger partial charge in [0.1, 0.15) is 5.52 Å². The number of rotatable bonds is 1. The lowest BCUT2D eigenvalue weighted by Gasteiger charge is -2.08. The highest BCUT2D eigenvalue weighted by Gasteiger charge is 2.37. The molecule has 0 radical (unpaired) electrons. The fraction of sp³-hybridized carbons (Fsp3) is 0.0833. The zero-order valence-electron chi connectivity index (χ0n) is 10.5. The van der Waals surface area contributed by atoms with Crippen molar-refractivity contribution in [1.29, 1.82) is 0 Å². The number of nitrogens with two attached hydrogens (primary N) is 2.